The Morgan fingerprint density at radius 1 is 1.21 bits per heavy atom. The van der Waals surface area contributed by atoms with Gasteiger partial charge in [0.25, 0.3) is 6.43 Å². The second kappa shape index (κ2) is 5.23. The Bertz CT molecular complexity index is 480. The van der Waals surface area contributed by atoms with E-state index in [2.05, 4.69) is 0 Å². The van der Waals surface area contributed by atoms with Crippen molar-refractivity contribution in [3.8, 4) is 0 Å². The fourth-order valence-electron chi connectivity index (χ4n) is 2.93. The molecule has 0 unspecified atom stereocenters. The van der Waals surface area contributed by atoms with E-state index >= 15 is 0 Å². The van der Waals surface area contributed by atoms with Crippen LogP contribution in [-0.2, 0) is 10.2 Å². The standard InChI is InChI=1S/C14H15F3O2/c15-10-6-4-5-9(11(10)12(16)17)14(13(18)19)7-2-1-3-8-14/h4-6,12H,1-3,7-8H2,(H,18,19). The van der Waals surface area contributed by atoms with Crippen molar-refractivity contribution < 1.29 is 23.1 Å². The number of alkyl halides is 2. The number of carboxylic acid groups (broad SMARTS) is 1. The highest BCUT2D eigenvalue weighted by Gasteiger charge is 2.44. The van der Waals surface area contributed by atoms with Gasteiger partial charge in [0, 0.05) is 0 Å². The smallest absolute Gasteiger partial charge is 0.314 e. The SMILES string of the molecule is O=C(O)C1(c2cccc(F)c2C(F)F)CCCCC1. The van der Waals surface area contributed by atoms with E-state index in [-0.39, 0.29) is 18.4 Å². The highest BCUT2D eigenvalue weighted by molar-refractivity contribution is 5.82. The molecule has 1 aliphatic rings. The Balaban J connectivity index is 2.60. The van der Waals surface area contributed by atoms with E-state index in [1.54, 1.807) is 0 Å². The van der Waals surface area contributed by atoms with E-state index in [1.165, 1.54) is 12.1 Å². The molecule has 0 spiro atoms. The summed E-state index contributed by atoms with van der Waals surface area (Å²) in [5.74, 6) is -2.17. The van der Waals surface area contributed by atoms with Gasteiger partial charge in [-0.15, -0.1) is 0 Å². The van der Waals surface area contributed by atoms with Gasteiger partial charge >= 0.3 is 5.97 Å². The largest absolute Gasteiger partial charge is 0.481 e. The maximum absolute atomic E-state index is 13.6. The number of aliphatic carboxylic acids is 1. The number of hydrogen-bond acceptors (Lipinski definition) is 1. The van der Waals surface area contributed by atoms with Crippen molar-refractivity contribution in [2.45, 2.75) is 43.9 Å². The van der Waals surface area contributed by atoms with Crippen molar-refractivity contribution in [1.82, 2.24) is 0 Å². The number of carboxylic acids is 1. The molecule has 1 N–H and O–H groups in total. The molecule has 0 atom stereocenters. The van der Waals surface area contributed by atoms with Crippen LogP contribution in [0.25, 0.3) is 0 Å². The van der Waals surface area contributed by atoms with Crippen molar-refractivity contribution >= 4 is 5.97 Å². The van der Waals surface area contributed by atoms with Gasteiger partial charge in [0.1, 0.15) is 5.82 Å². The minimum absolute atomic E-state index is 0.0605. The molecule has 1 fully saturated rings. The summed E-state index contributed by atoms with van der Waals surface area (Å²) in [5.41, 5.74) is -2.19. The minimum atomic E-state index is -3.01. The third-order valence-electron chi connectivity index (χ3n) is 3.90. The lowest BCUT2D eigenvalue weighted by Gasteiger charge is -2.35. The molecule has 0 saturated heterocycles. The molecule has 19 heavy (non-hydrogen) atoms. The molecule has 0 heterocycles. The van der Waals surface area contributed by atoms with Crippen LogP contribution >= 0.6 is 0 Å². The fourth-order valence-corrected chi connectivity index (χ4v) is 2.93. The van der Waals surface area contributed by atoms with Gasteiger partial charge < -0.3 is 5.11 Å². The van der Waals surface area contributed by atoms with Crippen molar-refractivity contribution in [3.63, 3.8) is 0 Å². The molecule has 1 aromatic rings. The molecule has 5 heteroatoms. The highest BCUT2D eigenvalue weighted by Crippen LogP contribution is 2.43. The van der Waals surface area contributed by atoms with Gasteiger partial charge in [0.15, 0.2) is 0 Å². The van der Waals surface area contributed by atoms with E-state index < -0.39 is 29.2 Å². The first-order valence-electron chi connectivity index (χ1n) is 6.29. The zero-order chi connectivity index (χ0) is 14.0. The average molecular weight is 272 g/mol. The third kappa shape index (κ3) is 2.33. The zero-order valence-electron chi connectivity index (χ0n) is 10.3. The predicted molar refractivity (Wildman–Crippen MR) is 63.8 cm³/mol. The molecule has 1 saturated carbocycles. The van der Waals surface area contributed by atoms with Crippen LogP contribution in [0.4, 0.5) is 13.2 Å². The fraction of sp³-hybridized carbons (Fsp3) is 0.500. The molecule has 0 amide bonds. The van der Waals surface area contributed by atoms with Crippen LogP contribution in [0.15, 0.2) is 18.2 Å². The second-order valence-corrected chi connectivity index (χ2v) is 4.95. The Labute approximate surface area is 109 Å². The molecular weight excluding hydrogens is 257 g/mol. The predicted octanol–water partition coefficient (Wildman–Crippen LogP) is 4.05. The molecule has 0 bridgehead atoms. The van der Waals surface area contributed by atoms with Gasteiger partial charge in [-0.1, -0.05) is 31.4 Å². The lowest BCUT2D eigenvalue weighted by molar-refractivity contribution is -0.145. The molecule has 104 valence electrons. The van der Waals surface area contributed by atoms with Crippen molar-refractivity contribution in [2.24, 2.45) is 0 Å². The van der Waals surface area contributed by atoms with E-state index in [1.807, 2.05) is 0 Å². The van der Waals surface area contributed by atoms with Crippen LogP contribution in [-0.4, -0.2) is 11.1 Å². The van der Waals surface area contributed by atoms with E-state index in [0.29, 0.717) is 12.8 Å². The first-order valence-corrected chi connectivity index (χ1v) is 6.29. The normalized spacial score (nSPS) is 18.5. The molecule has 1 aliphatic carbocycles. The maximum Gasteiger partial charge on any atom is 0.314 e. The number of hydrogen-bond donors (Lipinski definition) is 1. The zero-order valence-corrected chi connectivity index (χ0v) is 10.3. The Morgan fingerprint density at radius 3 is 2.37 bits per heavy atom. The molecule has 1 aromatic carbocycles. The first kappa shape index (κ1) is 13.9. The Kier molecular flexibility index (Phi) is 3.83. The van der Waals surface area contributed by atoms with E-state index in [9.17, 15) is 23.1 Å². The summed E-state index contributed by atoms with van der Waals surface area (Å²) in [6.45, 7) is 0. The number of benzene rings is 1. The molecule has 2 nitrogen and oxygen atoms in total. The van der Waals surface area contributed by atoms with Gasteiger partial charge in [-0.2, -0.15) is 0 Å². The lowest BCUT2D eigenvalue weighted by Crippen LogP contribution is -2.39. The summed E-state index contributed by atoms with van der Waals surface area (Å²) >= 11 is 0. The molecule has 0 aromatic heterocycles. The molecular formula is C14H15F3O2. The average Bonchev–Trinajstić information content (AvgIpc) is 2.38. The van der Waals surface area contributed by atoms with Crippen LogP contribution in [0.2, 0.25) is 0 Å². The van der Waals surface area contributed by atoms with Crippen LogP contribution in [0.5, 0.6) is 0 Å². The highest BCUT2D eigenvalue weighted by atomic mass is 19.3. The topological polar surface area (TPSA) is 37.3 Å². The van der Waals surface area contributed by atoms with Crippen molar-refractivity contribution in [2.75, 3.05) is 0 Å². The van der Waals surface area contributed by atoms with Crippen molar-refractivity contribution in [3.05, 3.63) is 35.1 Å². The lowest BCUT2D eigenvalue weighted by atomic mass is 9.68. The number of rotatable bonds is 3. The second-order valence-electron chi connectivity index (χ2n) is 4.95. The molecule has 0 radical (unpaired) electrons. The summed E-state index contributed by atoms with van der Waals surface area (Å²) in [4.78, 5) is 11.6. The summed E-state index contributed by atoms with van der Waals surface area (Å²) in [6, 6.07) is 3.57. The van der Waals surface area contributed by atoms with Gasteiger partial charge in [-0.25, -0.2) is 13.2 Å². The quantitative estimate of drug-likeness (QED) is 0.901. The first-order chi connectivity index (χ1) is 8.99. The monoisotopic (exact) mass is 272 g/mol. The summed E-state index contributed by atoms with van der Waals surface area (Å²) in [6.07, 6.45) is -0.239. The van der Waals surface area contributed by atoms with Gasteiger partial charge in [0.05, 0.1) is 11.0 Å². The van der Waals surface area contributed by atoms with Gasteiger partial charge in [0.2, 0.25) is 0 Å². The molecule has 2 rings (SSSR count). The maximum atomic E-state index is 13.6. The van der Waals surface area contributed by atoms with Crippen LogP contribution < -0.4 is 0 Å². The Hall–Kier alpha value is -1.52. The Morgan fingerprint density at radius 2 is 1.84 bits per heavy atom. The van der Waals surface area contributed by atoms with Crippen LogP contribution in [0.1, 0.15) is 49.7 Å². The molecule has 0 aliphatic heterocycles. The summed E-state index contributed by atoms with van der Waals surface area (Å²) < 4.78 is 39.7. The summed E-state index contributed by atoms with van der Waals surface area (Å²) in [7, 11) is 0. The number of carbonyl (C=O) groups is 1. The van der Waals surface area contributed by atoms with E-state index in [0.717, 1.165) is 12.5 Å². The van der Waals surface area contributed by atoms with E-state index in [4.69, 9.17) is 0 Å². The van der Waals surface area contributed by atoms with Crippen LogP contribution in [0.3, 0.4) is 0 Å². The third-order valence-corrected chi connectivity index (χ3v) is 3.90. The summed E-state index contributed by atoms with van der Waals surface area (Å²) in [5, 5.41) is 9.47. The van der Waals surface area contributed by atoms with Crippen molar-refractivity contribution in [1.29, 1.82) is 0 Å². The van der Waals surface area contributed by atoms with Gasteiger partial charge in [-0.05, 0) is 24.5 Å². The number of halogens is 3. The van der Waals surface area contributed by atoms with Gasteiger partial charge in [-0.3, -0.25) is 4.79 Å². The minimum Gasteiger partial charge on any atom is -0.481 e. The van der Waals surface area contributed by atoms with Crippen LogP contribution in [0, 0.1) is 5.82 Å².